The molecule has 0 amide bonds. The molecule has 1 atom stereocenters. The molecular weight excluding hydrogens is 322 g/mol. The van der Waals surface area contributed by atoms with Crippen molar-refractivity contribution in [1.82, 2.24) is 9.97 Å². The van der Waals surface area contributed by atoms with Crippen LogP contribution in [0.3, 0.4) is 0 Å². The van der Waals surface area contributed by atoms with Crippen molar-refractivity contribution in [1.29, 1.82) is 5.26 Å². The minimum Gasteiger partial charge on any atom is -0.465 e. The zero-order chi connectivity index (χ0) is 17.0. The number of rotatable bonds is 5. The van der Waals surface area contributed by atoms with Gasteiger partial charge in [0.15, 0.2) is 0 Å². The molecule has 6 heteroatoms. The summed E-state index contributed by atoms with van der Waals surface area (Å²) in [5.41, 5.74) is 3.99. The summed E-state index contributed by atoms with van der Waals surface area (Å²) in [5.74, 6) is 0.0777. The van der Waals surface area contributed by atoms with E-state index in [4.69, 9.17) is 10.00 Å². The molecule has 1 unspecified atom stereocenters. The Morgan fingerprint density at radius 3 is 3.12 bits per heavy atom. The Morgan fingerprint density at radius 2 is 2.42 bits per heavy atom. The standard InChI is InChI=1S/C18H19N3O2S/c1-2-23-17(22)11-24-18(16-10-20-12-21-16)7-3-4-14-8-13(9-19)5-6-15(14)18/h5-6,8,10,12H,2-4,7,11H2,1H3,(H,20,21). The number of aromatic amines is 1. The van der Waals surface area contributed by atoms with Gasteiger partial charge in [-0.15, -0.1) is 11.8 Å². The lowest BCUT2D eigenvalue weighted by Crippen LogP contribution is -2.31. The Hall–Kier alpha value is -2.26. The average Bonchev–Trinajstić information content (AvgIpc) is 3.14. The Kier molecular flexibility index (Phi) is 4.91. The highest BCUT2D eigenvalue weighted by Gasteiger charge is 2.40. The van der Waals surface area contributed by atoms with E-state index in [1.807, 2.05) is 31.3 Å². The minimum atomic E-state index is -0.356. The third-order valence-electron chi connectivity index (χ3n) is 4.32. The molecule has 1 aromatic heterocycles. The lowest BCUT2D eigenvalue weighted by atomic mass is 9.79. The first-order valence-electron chi connectivity index (χ1n) is 8.01. The maximum absolute atomic E-state index is 11.9. The highest BCUT2D eigenvalue weighted by Crippen LogP contribution is 2.50. The van der Waals surface area contributed by atoms with Gasteiger partial charge in [0.05, 0.1) is 40.8 Å². The van der Waals surface area contributed by atoms with Crippen molar-refractivity contribution >= 4 is 17.7 Å². The van der Waals surface area contributed by atoms with E-state index in [0.29, 0.717) is 12.2 Å². The van der Waals surface area contributed by atoms with Gasteiger partial charge in [-0.3, -0.25) is 4.79 Å². The monoisotopic (exact) mass is 341 g/mol. The van der Waals surface area contributed by atoms with Crippen LogP contribution < -0.4 is 0 Å². The highest BCUT2D eigenvalue weighted by molar-refractivity contribution is 8.01. The number of ether oxygens (including phenoxy) is 1. The number of hydrogen-bond donors (Lipinski definition) is 1. The second kappa shape index (κ2) is 7.10. The number of nitriles is 1. The van der Waals surface area contributed by atoms with Gasteiger partial charge in [-0.2, -0.15) is 5.26 Å². The van der Waals surface area contributed by atoms with Crippen LogP contribution in [0.15, 0.2) is 30.7 Å². The molecule has 124 valence electrons. The summed E-state index contributed by atoms with van der Waals surface area (Å²) in [5, 5.41) is 9.16. The van der Waals surface area contributed by atoms with E-state index in [1.54, 1.807) is 18.1 Å². The van der Waals surface area contributed by atoms with E-state index < -0.39 is 0 Å². The van der Waals surface area contributed by atoms with E-state index in [9.17, 15) is 4.79 Å². The van der Waals surface area contributed by atoms with Crippen LogP contribution in [0.1, 0.15) is 42.1 Å². The zero-order valence-corrected chi connectivity index (χ0v) is 14.4. The summed E-state index contributed by atoms with van der Waals surface area (Å²) in [6.07, 6.45) is 6.35. The maximum Gasteiger partial charge on any atom is 0.315 e. The first-order valence-corrected chi connectivity index (χ1v) is 9.00. The molecule has 0 fully saturated rings. The number of thioether (sulfide) groups is 1. The lowest BCUT2D eigenvalue weighted by Gasteiger charge is -2.38. The van der Waals surface area contributed by atoms with Crippen LogP contribution >= 0.6 is 11.8 Å². The Morgan fingerprint density at radius 1 is 1.54 bits per heavy atom. The third kappa shape index (κ3) is 3.04. The van der Waals surface area contributed by atoms with Crippen molar-refractivity contribution in [3.8, 4) is 6.07 Å². The number of H-pyrrole nitrogens is 1. The largest absolute Gasteiger partial charge is 0.465 e. The van der Waals surface area contributed by atoms with Crippen molar-refractivity contribution < 1.29 is 9.53 Å². The number of nitrogens with zero attached hydrogens (tertiary/aromatic N) is 2. The van der Waals surface area contributed by atoms with Crippen molar-refractivity contribution in [3.05, 3.63) is 53.1 Å². The topological polar surface area (TPSA) is 78.8 Å². The molecule has 3 rings (SSSR count). The van der Waals surface area contributed by atoms with Gasteiger partial charge in [-0.25, -0.2) is 4.98 Å². The van der Waals surface area contributed by atoms with E-state index in [0.717, 1.165) is 30.5 Å². The molecule has 5 nitrogen and oxygen atoms in total. The lowest BCUT2D eigenvalue weighted by molar-refractivity contribution is -0.139. The number of hydrogen-bond acceptors (Lipinski definition) is 5. The molecule has 1 N–H and O–H groups in total. The van der Waals surface area contributed by atoms with E-state index >= 15 is 0 Å². The Balaban J connectivity index is 2.01. The van der Waals surface area contributed by atoms with Crippen molar-refractivity contribution in [2.24, 2.45) is 0 Å². The quantitative estimate of drug-likeness (QED) is 0.845. The Labute approximate surface area is 145 Å². The molecule has 0 aliphatic heterocycles. The number of carbonyl (C=O) groups is 1. The van der Waals surface area contributed by atoms with E-state index in [-0.39, 0.29) is 16.5 Å². The van der Waals surface area contributed by atoms with Gasteiger partial charge in [0.1, 0.15) is 0 Å². The molecule has 0 saturated carbocycles. The minimum absolute atomic E-state index is 0.206. The van der Waals surface area contributed by atoms with Crippen LogP contribution in [-0.4, -0.2) is 28.3 Å². The summed E-state index contributed by atoms with van der Waals surface area (Å²) in [6.45, 7) is 2.20. The zero-order valence-electron chi connectivity index (χ0n) is 13.5. The molecular formula is C18H19N3O2S. The first-order chi connectivity index (χ1) is 11.7. The van der Waals surface area contributed by atoms with Crippen LogP contribution in [0.2, 0.25) is 0 Å². The fraction of sp³-hybridized carbons (Fsp3) is 0.389. The number of esters is 1. The molecule has 0 saturated heterocycles. The van der Waals surface area contributed by atoms with Gasteiger partial charge >= 0.3 is 5.97 Å². The van der Waals surface area contributed by atoms with Gasteiger partial charge in [-0.05, 0) is 49.4 Å². The van der Waals surface area contributed by atoms with Gasteiger partial charge in [0.25, 0.3) is 0 Å². The van der Waals surface area contributed by atoms with E-state index in [1.165, 1.54) is 5.56 Å². The van der Waals surface area contributed by atoms with Gasteiger partial charge in [0, 0.05) is 6.20 Å². The molecule has 1 aliphatic carbocycles. The predicted octanol–water partition coefficient (Wildman–Crippen LogP) is 3.16. The third-order valence-corrected chi connectivity index (χ3v) is 5.84. The number of aromatic nitrogens is 2. The van der Waals surface area contributed by atoms with Gasteiger partial charge in [-0.1, -0.05) is 6.07 Å². The van der Waals surface area contributed by atoms with Crippen LogP contribution in [0.5, 0.6) is 0 Å². The van der Waals surface area contributed by atoms with Crippen LogP contribution in [0.25, 0.3) is 0 Å². The maximum atomic E-state index is 11.9. The SMILES string of the molecule is CCOC(=O)CSC1(c2cnc[nH]2)CCCc2cc(C#N)ccc21. The summed E-state index contributed by atoms with van der Waals surface area (Å²) < 4.78 is 4.73. The number of benzene rings is 1. The highest BCUT2D eigenvalue weighted by atomic mass is 32.2. The second-order valence-electron chi connectivity index (χ2n) is 5.72. The molecule has 1 heterocycles. The summed E-state index contributed by atoms with van der Waals surface area (Å²) in [6, 6.07) is 8.04. The van der Waals surface area contributed by atoms with Crippen molar-refractivity contribution in [2.45, 2.75) is 30.9 Å². The van der Waals surface area contributed by atoms with Gasteiger partial charge in [0.2, 0.25) is 0 Å². The van der Waals surface area contributed by atoms with Crippen LogP contribution in [0.4, 0.5) is 0 Å². The smallest absolute Gasteiger partial charge is 0.315 e. The van der Waals surface area contributed by atoms with Crippen molar-refractivity contribution in [2.75, 3.05) is 12.4 Å². The fourth-order valence-electron chi connectivity index (χ4n) is 3.30. The number of nitrogens with one attached hydrogen (secondary N) is 1. The van der Waals surface area contributed by atoms with E-state index in [2.05, 4.69) is 16.0 Å². The Bertz CT molecular complexity index is 767. The average molecular weight is 341 g/mol. The molecule has 1 aromatic carbocycles. The molecule has 0 bridgehead atoms. The predicted molar refractivity (Wildman–Crippen MR) is 92.6 cm³/mol. The summed E-state index contributed by atoms with van der Waals surface area (Å²) in [7, 11) is 0. The molecule has 24 heavy (non-hydrogen) atoms. The van der Waals surface area contributed by atoms with Crippen LogP contribution in [0, 0.1) is 11.3 Å². The molecule has 0 radical (unpaired) electrons. The van der Waals surface area contributed by atoms with Crippen molar-refractivity contribution in [3.63, 3.8) is 0 Å². The van der Waals surface area contributed by atoms with Crippen LogP contribution in [-0.2, 0) is 20.7 Å². The number of fused-ring (bicyclic) bond motifs is 1. The first kappa shape index (κ1) is 16.6. The summed E-state index contributed by atoms with van der Waals surface area (Å²) >= 11 is 1.58. The van der Waals surface area contributed by atoms with Gasteiger partial charge < -0.3 is 9.72 Å². The molecule has 1 aliphatic rings. The molecule has 2 aromatic rings. The second-order valence-corrected chi connectivity index (χ2v) is 7.00. The fourth-order valence-corrected chi connectivity index (χ4v) is 4.65. The summed E-state index contributed by atoms with van der Waals surface area (Å²) in [4.78, 5) is 19.3. The number of carbonyl (C=O) groups excluding carboxylic acids is 1. The normalized spacial score (nSPS) is 19.3. The number of imidazole rings is 1. The number of aryl methyl sites for hydroxylation is 1. The molecule has 0 spiro atoms.